The molecule has 1 saturated heterocycles. The number of nitrogens with one attached hydrogen (secondary N) is 1. The maximum absolute atomic E-state index is 3.75. The van der Waals surface area contributed by atoms with E-state index >= 15 is 0 Å². The minimum atomic E-state index is 0.753. The zero-order valence-electron chi connectivity index (χ0n) is 15.4. The van der Waals surface area contributed by atoms with Gasteiger partial charge in [-0.25, -0.2) is 0 Å². The highest BCUT2D eigenvalue weighted by Gasteiger charge is 2.16. The molecule has 0 bridgehead atoms. The van der Waals surface area contributed by atoms with Crippen LogP contribution in [-0.2, 0) is 0 Å². The van der Waals surface area contributed by atoms with E-state index in [1.807, 2.05) is 0 Å². The van der Waals surface area contributed by atoms with Crippen LogP contribution in [0.4, 0.5) is 0 Å². The molecule has 1 aliphatic rings. The maximum Gasteiger partial charge on any atom is 0.00695 e. The van der Waals surface area contributed by atoms with E-state index < -0.39 is 0 Å². The predicted molar refractivity (Wildman–Crippen MR) is 100 cm³/mol. The molecule has 0 aromatic heterocycles. The first-order valence-electron chi connectivity index (χ1n) is 10.2. The zero-order chi connectivity index (χ0) is 15.9. The normalized spacial score (nSPS) is 22.5. The van der Waals surface area contributed by atoms with Crippen LogP contribution in [0, 0.1) is 0 Å². The van der Waals surface area contributed by atoms with E-state index in [4.69, 9.17) is 0 Å². The van der Waals surface area contributed by atoms with Gasteiger partial charge in [0.25, 0.3) is 0 Å². The van der Waals surface area contributed by atoms with Crippen LogP contribution < -0.4 is 5.32 Å². The van der Waals surface area contributed by atoms with E-state index in [-0.39, 0.29) is 0 Å². The van der Waals surface area contributed by atoms with Gasteiger partial charge in [0.15, 0.2) is 0 Å². The Labute approximate surface area is 140 Å². The highest BCUT2D eigenvalue weighted by atomic mass is 15.0. The van der Waals surface area contributed by atoms with E-state index in [0.29, 0.717) is 0 Å². The molecule has 0 aliphatic carbocycles. The van der Waals surface area contributed by atoms with Crippen LogP contribution in [0.15, 0.2) is 12.2 Å². The minimum absolute atomic E-state index is 0.753. The van der Waals surface area contributed by atoms with Crippen LogP contribution >= 0.6 is 0 Å². The Morgan fingerprint density at radius 2 is 1.45 bits per heavy atom. The third-order valence-electron chi connectivity index (χ3n) is 5.02. The molecule has 1 aliphatic heterocycles. The van der Waals surface area contributed by atoms with Crippen molar-refractivity contribution in [3.63, 3.8) is 0 Å². The molecule has 0 spiro atoms. The molecule has 0 aromatic carbocycles. The highest BCUT2D eigenvalue weighted by molar-refractivity contribution is 4.81. The number of hydrogen-bond acceptors (Lipinski definition) is 1. The summed E-state index contributed by atoms with van der Waals surface area (Å²) in [4.78, 5) is 0. The Morgan fingerprint density at radius 1 is 0.818 bits per heavy atom. The summed E-state index contributed by atoms with van der Waals surface area (Å²) >= 11 is 0. The lowest BCUT2D eigenvalue weighted by Crippen LogP contribution is -2.40. The van der Waals surface area contributed by atoms with Crippen LogP contribution in [0.3, 0.4) is 0 Å². The molecule has 1 heteroatoms. The summed E-state index contributed by atoms with van der Waals surface area (Å²) in [6, 6.07) is 1.57. The van der Waals surface area contributed by atoms with Gasteiger partial charge in [0.1, 0.15) is 0 Å². The lowest BCUT2D eigenvalue weighted by molar-refractivity contribution is 0.315. The maximum atomic E-state index is 3.75. The molecule has 0 amide bonds. The van der Waals surface area contributed by atoms with Crippen molar-refractivity contribution in [2.75, 3.05) is 0 Å². The first-order valence-corrected chi connectivity index (χ1v) is 10.2. The lowest BCUT2D eigenvalue weighted by Gasteiger charge is -2.28. The molecule has 1 N–H and O–H groups in total. The summed E-state index contributed by atoms with van der Waals surface area (Å²) in [6.07, 6.45) is 25.7. The fourth-order valence-corrected chi connectivity index (χ4v) is 3.58. The Hall–Kier alpha value is -0.300. The summed E-state index contributed by atoms with van der Waals surface area (Å²) in [5.41, 5.74) is 0. The molecule has 1 fully saturated rings. The molecule has 1 rings (SSSR count). The van der Waals surface area contributed by atoms with Crippen LogP contribution in [0.2, 0.25) is 0 Å². The fraction of sp³-hybridized carbons (Fsp3) is 0.905. The van der Waals surface area contributed by atoms with E-state index in [9.17, 15) is 0 Å². The summed E-state index contributed by atoms with van der Waals surface area (Å²) in [7, 11) is 0. The average Bonchev–Trinajstić information content (AvgIpc) is 2.52. The minimum Gasteiger partial charge on any atom is -0.312 e. The van der Waals surface area contributed by atoms with Gasteiger partial charge in [0.2, 0.25) is 0 Å². The number of rotatable bonds is 13. The van der Waals surface area contributed by atoms with E-state index in [1.165, 1.54) is 96.3 Å². The monoisotopic (exact) mass is 307 g/mol. The quantitative estimate of drug-likeness (QED) is 0.292. The largest absolute Gasteiger partial charge is 0.312 e. The van der Waals surface area contributed by atoms with Gasteiger partial charge in [-0.3, -0.25) is 0 Å². The summed E-state index contributed by atoms with van der Waals surface area (Å²) in [6.45, 7) is 4.62. The molecule has 1 nitrogen and oxygen atoms in total. The van der Waals surface area contributed by atoms with E-state index in [2.05, 4.69) is 31.3 Å². The number of hydrogen-bond donors (Lipinski definition) is 1. The topological polar surface area (TPSA) is 12.0 Å². The van der Waals surface area contributed by atoms with Crippen molar-refractivity contribution in [3.05, 3.63) is 12.2 Å². The van der Waals surface area contributed by atoms with Gasteiger partial charge in [-0.1, -0.05) is 70.4 Å². The van der Waals surface area contributed by atoms with Gasteiger partial charge in [-0.05, 0) is 51.9 Å². The molecule has 130 valence electrons. The van der Waals surface area contributed by atoms with Crippen molar-refractivity contribution >= 4 is 0 Å². The van der Waals surface area contributed by atoms with Crippen LogP contribution in [0.25, 0.3) is 0 Å². The number of piperidine rings is 1. The number of allylic oxidation sites excluding steroid dienone is 2. The van der Waals surface area contributed by atoms with Crippen molar-refractivity contribution in [3.8, 4) is 0 Å². The fourth-order valence-electron chi connectivity index (χ4n) is 3.58. The molecule has 2 unspecified atom stereocenters. The third kappa shape index (κ3) is 11.3. The average molecular weight is 308 g/mol. The molecular weight excluding hydrogens is 266 g/mol. The SMILES string of the molecule is CCCCCCCCC=CCCCCCC1CCCC(C)N1. The molecule has 22 heavy (non-hydrogen) atoms. The van der Waals surface area contributed by atoms with Crippen LogP contribution in [0.5, 0.6) is 0 Å². The first kappa shape index (κ1) is 19.7. The molecule has 0 saturated carbocycles. The smallest absolute Gasteiger partial charge is 0.00695 e. The van der Waals surface area contributed by atoms with Gasteiger partial charge >= 0.3 is 0 Å². The summed E-state index contributed by atoms with van der Waals surface area (Å²) in [5.74, 6) is 0. The molecule has 0 aromatic rings. The Bertz CT molecular complexity index is 259. The van der Waals surface area contributed by atoms with E-state index in [0.717, 1.165) is 12.1 Å². The van der Waals surface area contributed by atoms with Gasteiger partial charge in [0.05, 0.1) is 0 Å². The second kappa shape index (κ2) is 14.3. The lowest BCUT2D eigenvalue weighted by atomic mass is 9.95. The zero-order valence-corrected chi connectivity index (χ0v) is 15.4. The Morgan fingerprint density at radius 3 is 2.14 bits per heavy atom. The van der Waals surface area contributed by atoms with Crippen LogP contribution in [-0.4, -0.2) is 12.1 Å². The van der Waals surface area contributed by atoms with Crippen molar-refractivity contribution in [1.82, 2.24) is 5.32 Å². The van der Waals surface area contributed by atoms with Crippen molar-refractivity contribution < 1.29 is 0 Å². The van der Waals surface area contributed by atoms with Gasteiger partial charge in [0, 0.05) is 12.1 Å². The third-order valence-corrected chi connectivity index (χ3v) is 5.02. The standard InChI is InChI=1S/C21H41N/c1-3-4-5-6-7-8-9-10-11-12-13-14-15-18-21-19-16-17-20(2)22-21/h10-11,20-22H,3-9,12-19H2,1-2H3. The molecule has 2 atom stereocenters. The second-order valence-corrected chi connectivity index (χ2v) is 7.36. The van der Waals surface area contributed by atoms with E-state index in [1.54, 1.807) is 0 Å². The van der Waals surface area contributed by atoms with Crippen molar-refractivity contribution in [2.45, 2.75) is 122 Å². The predicted octanol–water partition coefficient (Wildman–Crippen LogP) is 6.77. The highest BCUT2D eigenvalue weighted by Crippen LogP contribution is 2.17. The summed E-state index contributed by atoms with van der Waals surface area (Å²) in [5, 5.41) is 3.75. The van der Waals surface area contributed by atoms with Crippen LogP contribution in [0.1, 0.15) is 110 Å². The molecule has 1 heterocycles. The second-order valence-electron chi connectivity index (χ2n) is 7.36. The van der Waals surface area contributed by atoms with Crippen molar-refractivity contribution in [2.24, 2.45) is 0 Å². The first-order chi connectivity index (χ1) is 10.8. The number of unbranched alkanes of at least 4 members (excludes halogenated alkanes) is 9. The Kier molecular flexibility index (Phi) is 12.8. The van der Waals surface area contributed by atoms with Gasteiger partial charge < -0.3 is 5.32 Å². The van der Waals surface area contributed by atoms with Crippen molar-refractivity contribution in [1.29, 1.82) is 0 Å². The Balaban J connectivity index is 1.80. The molecular formula is C21H41N. The summed E-state index contributed by atoms with van der Waals surface area (Å²) < 4.78 is 0. The van der Waals surface area contributed by atoms with Gasteiger partial charge in [-0.2, -0.15) is 0 Å². The van der Waals surface area contributed by atoms with Gasteiger partial charge in [-0.15, -0.1) is 0 Å². The molecule has 0 radical (unpaired) electrons.